The number of carbonyl (C=O) groups excluding carboxylic acids is 1. The lowest BCUT2D eigenvalue weighted by Gasteiger charge is -2.17. The molecule has 1 aliphatic carbocycles. The van der Waals surface area contributed by atoms with Crippen molar-refractivity contribution >= 4 is 18.4 Å². The molecule has 0 aromatic carbocycles. The zero-order valence-corrected chi connectivity index (χ0v) is 7.45. The predicted octanol–water partition coefficient (Wildman–Crippen LogP) is 2.06. The standard InChI is InChI=1S/C8H14OS/c1-3-7(6(2)9)8(10)4-5-8/h7,10H,3-5H2,1-2H3. The minimum Gasteiger partial charge on any atom is -0.300 e. The van der Waals surface area contributed by atoms with Crippen LogP contribution in [0.3, 0.4) is 0 Å². The number of ketones is 1. The van der Waals surface area contributed by atoms with Gasteiger partial charge in [0.15, 0.2) is 0 Å². The molecule has 0 aliphatic heterocycles. The van der Waals surface area contributed by atoms with Crippen molar-refractivity contribution in [3.63, 3.8) is 0 Å². The molecule has 1 fully saturated rings. The minimum absolute atomic E-state index is 0.0839. The van der Waals surface area contributed by atoms with E-state index in [2.05, 4.69) is 19.6 Å². The van der Waals surface area contributed by atoms with Gasteiger partial charge in [-0.15, -0.1) is 0 Å². The van der Waals surface area contributed by atoms with Gasteiger partial charge in [-0.3, -0.25) is 4.79 Å². The van der Waals surface area contributed by atoms with E-state index in [1.807, 2.05) is 0 Å². The molecule has 0 spiro atoms. The monoisotopic (exact) mass is 158 g/mol. The van der Waals surface area contributed by atoms with Crippen LogP contribution in [-0.2, 0) is 4.79 Å². The van der Waals surface area contributed by atoms with E-state index in [-0.39, 0.29) is 10.7 Å². The highest BCUT2D eigenvalue weighted by molar-refractivity contribution is 7.82. The minimum atomic E-state index is 0.0839. The summed E-state index contributed by atoms with van der Waals surface area (Å²) in [4.78, 5) is 11.0. The number of carbonyl (C=O) groups is 1. The highest BCUT2D eigenvalue weighted by Crippen LogP contribution is 2.49. The second-order valence-electron chi connectivity index (χ2n) is 3.18. The van der Waals surface area contributed by atoms with E-state index in [4.69, 9.17) is 0 Å². The van der Waals surface area contributed by atoms with E-state index in [0.29, 0.717) is 5.78 Å². The van der Waals surface area contributed by atoms with Gasteiger partial charge in [0.05, 0.1) is 0 Å². The van der Waals surface area contributed by atoms with Crippen molar-refractivity contribution in [2.75, 3.05) is 0 Å². The smallest absolute Gasteiger partial charge is 0.134 e. The van der Waals surface area contributed by atoms with Gasteiger partial charge in [0.1, 0.15) is 5.78 Å². The Kier molecular flexibility index (Phi) is 2.09. The van der Waals surface area contributed by atoms with E-state index >= 15 is 0 Å². The molecule has 1 saturated carbocycles. The van der Waals surface area contributed by atoms with Crippen LogP contribution in [0.25, 0.3) is 0 Å². The third-order valence-electron chi connectivity index (χ3n) is 2.31. The normalized spacial score (nSPS) is 23.9. The molecular weight excluding hydrogens is 144 g/mol. The molecular formula is C8H14OS. The maximum atomic E-state index is 11.0. The summed E-state index contributed by atoms with van der Waals surface area (Å²) in [7, 11) is 0. The second-order valence-corrected chi connectivity index (χ2v) is 4.07. The van der Waals surface area contributed by atoms with Crippen LogP contribution in [0.2, 0.25) is 0 Å². The molecule has 2 heteroatoms. The van der Waals surface area contributed by atoms with Crippen LogP contribution in [0.5, 0.6) is 0 Å². The molecule has 10 heavy (non-hydrogen) atoms. The number of hydrogen-bond donors (Lipinski definition) is 1. The average Bonchev–Trinajstić information content (AvgIpc) is 2.49. The van der Waals surface area contributed by atoms with E-state index in [0.717, 1.165) is 19.3 Å². The summed E-state index contributed by atoms with van der Waals surface area (Å²) in [5.74, 6) is 0.505. The van der Waals surface area contributed by atoms with E-state index in [1.54, 1.807) is 6.92 Å². The summed E-state index contributed by atoms with van der Waals surface area (Å²) in [5.41, 5.74) is 0. The Morgan fingerprint density at radius 2 is 2.20 bits per heavy atom. The first-order chi connectivity index (χ1) is 4.60. The molecule has 0 aromatic rings. The van der Waals surface area contributed by atoms with Crippen molar-refractivity contribution in [2.45, 2.75) is 37.9 Å². The van der Waals surface area contributed by atoms with Crippen molar-refractivity contribution < 1.29 is 4.79 Å². The van der Waals surface area contributed by atoms with Crippen LogP contribution in [0, 0.1) is 5.92 Å². The lowest BCUT2D eigenvalue weighted by molar-refractivity contribution is -0.121. The first-order valence-corrected chi connectivity index (χ1v) is 4.27. The maximum Gasteiger partial charge on any atom is 0.134 e. The molecule has 0 saturated heterocycles. The number of Topliss-reactive ketones (excluding diaryl/α,β-unsaturated/α-hetero) is 1. The summed E-state index contributed by atoms with van der Waals surface area (Å²) in [5, 5.41) is 0. The molecule has 0 bridgehead atoms. The highest BCUT2D eigenvalue weighted by atomic mass is 32.1. The Morgan fingerprint density at radius 3 is 2.30 bits per heavy atom. The topological polar surface area (TPSA) is 17.1 Å². The maximum absolute atomic E-state index is 11.0. The van der Waals surface area contributed by atoms with E-state index in [1.165, 1.54) is 0 Å². The van der Waals surface area contributed by atoms with Crippen molar-refractivity contribution in [3.05, 3.63) is 0 Å². The third kappa shape index (κ3) is 1.36. The molecule has 0 N–H and O–H groups in total. The predicted molar refractivity (Wildman–Crippen MR) is 45.4 cm³/mol. The molecule has 1 rings (SSSR count). The van der Waals surface area contributed by atoms with Gasteiger partial charge in [0.25, 0.3) is 0 Å². The molecule has 1 nitrogen and oxygen atoms in total. The van der Waals surface area contributed by atoms with Gasteiger partial charge in [0, 0.05) is 10.7 Å². The van der Waals surface area contributed by atoms with Crippen molar-refractivity contribution in [2.24, 2.45) is 5.92 Å². The van der Waals surface area contributed by atoms with Crippen LogP contribution >= 0.6 is 12.6 Å². The molecule has 0 radical (unpaired) electrons. The lowest BCUT2D eigenvalue weighted by atomic mass is 9.96. The van der Waals surface area contributed by atoms with Crippen molar-refractivity contribution in [3.8, 4) is 0 Å². The van der Waals surface area contributed by atoms with Gasteiger partial charge >= 0.3 is 0 Å². The quantitative estimate of drug-likeness (QED) is 0.622. The first kappa shape index (κ1) is 8.12. The SMILES string of the molecule is CCC(C(C)=O)C1(S)CC1. The van der Waals surface area contributed by atoms with E-state index in [9.17, 15) is 4.79 Å². The van der Waals surface area contributed by atoms with Crippen molar-refractivity contribution in [1.29, 1.82) is 0 Å². The van der Waals surface area contributed by atoms with Crippen LogP contribution in [0.1, 0.15) is 33.1 Å². The number of thiol groups is 1. The summed E-state index contributed by atoms with van der Waals surface area (Å²) in [6, 6.07) is 0. The number of rotatable bonds is 3. The van der Waals surface area contributed by atoms with Crippen molar-refractivity contribution in [1.82, 2.24) is 0 Å². The zero-order valence-electron chi connectivity index (χ0n) is 6.55. The summed E-state index contributed by atoms with van der Waals surface area (Å²) >= 11 is 4.46. The fourth-order valence-corrected chi connectivity index (χ4v) is 2.00. The summed E-state index contributed by atoms with van der Waals surface area (Å²) < 4.78 is 0.0839. The number of hydrogen-bond acceptors (Lipinski definition) is 2. The van der Waals surface area contributed by atoms with Crippen LogP contribution in [0.4, 0.5) is 0 Å². The van der Waals surface area contributed by atoms with Gasteiger partial charge in [-0.25, -0.2) is 0 Å². The Bertz CT molecular complexity index is 149. The molecule has 0 heterocycles. The van der Waals surface area contributed by atoms with Gasteiger partial charge in [-0.2, -0.15) is 12.6 Å². The van der Waals surface area contributed by atoms with Gasteiger partial charge in [0.2, 0.25) is 0 Å². The molecule has 0 amide bonds. The first-order valence-electron chi connectivity index (χ1n) is 3.83. The fraction of sp³-hybridized carbons (Fsp3) is 0.875. The van der Waals surface area contributed by atoms with Crippen LogP contribution < -0.4 is 0 Å². The van der Waals surface area contributed by atoms with E-state index < -0.39 is 0 Å². The second kappa shape index (κ2) is 2.57. The van der Waals surface area contributed by atoms with Crippen LogP contribution in [0.15, 0.2) is 0 Å². The summed E-state index contributed by atoms with van der Waals surface area (Å²) in [6.07, 6.45) is 3.18. The average molecular weight is 158 g/mol. The Labute approximate surface area is 67.6 Å². The molecule has 1 aliphatic rings. The lowest BCUT2D eigenvalue weighted by Crippen LogP contribution is -2.22. The highest BCUT2D eigenvalue weighted by Gasteiger charge is 2.47. The molecule has 58 valence electrons. The van der Waals surface area contributed by atoms with Gasteiger partial charge in [-0.05, 0) is 26.2 Å². The fourth-order valence-electron chi connectivity index (χ4n) is 1.52. The van der Waals surface area contributed by atoms with Gasteiger partial charge in [-0.1, -0.05) is 6.92 Å². The van der Waals surface area contributed by atoms with Gasteiger partial charge < -0.3 is 0 Å². The molecule has 1 unspecified atom stereocenters. The third-order valence-corrected chi connectivity index (χ3v) is 3.07. The molecule has 0 aromatic heterocycles. The van der Waals surface area contributed by atoms with Crippen LogP contribution in [-0.4, -0.2) is 10.5 Å². The Morgan fingerprint density at radius 1 is 1.70 bits per heavy atom. The molecule has 1 atom stereocenters. The Balaban J connectivity index is 2.57. The summed E-state index contributed by atoms with van der Waals surface area (Å²) in [6.45, 7) is 3.73. The zero-order chi connectivity index (χ0) is 7.78. The largest absolute Gasteiger partial charge is 0.300 e. The Hall–Kier alpha value is 0.0200.